The normalized spacial score (nSPS) is 11.8. The molecule has 0 aliphatic carbocycles. The number of benzene rings is 1. The fraction of sp³-hybridized carbons (Fsp3) is 0.704. The molecule has 198 valence electrons. The van der Waals surface area contributed by atoms with Crippen LogP contribution in [0.3, 0.4) is 0 Å². The molecular weight excluding hydrogens is 441 g/mol. The number of unbranched alkanes of at least 4 members (excludes halogenated alkanes) is 11. The molecule has 0 saturated carbocycles. The van der Waals surface area contributed by atoms with Crippen LogP contribution in [0.25, 0.3) is 0 Å². The van der Waals surface area contributed by atoms with Crippen molar-refractivity contribution in [1.29, 1.82) is 0 Å². The Kier molecular flexibility index (Phi) is 18.1. The molecule has 0 aromatic heterocycles. The van der Waals surface area contributed by atoms with Crippen molar-refractivity contribution < 1.29 is 19.6 Å². The smallest absolute Gasteiger partial charge is 0.423 e. The molecule has 0 heterocycles. The number of carbonyl (C=O) groups is 2. The Morgan fingerprint density at radius 1 is 0.886 bits per heavy atom. The monoisotopic (exact) mass is 489 g/mol. The number of hydrogen-bond donors (Lipinski definition) is 5. The van der Waals surface area contributed by atoms with Gasteiger partial charge >= 0.3 is 7.12 Å². The van der Waals surface area contributed by atoms with E-state index in [9.17, 15) is 19.6 Å². The summed E-state index contributed by atoms with van der Waals surface area (Å²) in [5.41, 5.74) is 0.850. The molecule has 0 aliphatic rings. The minimum absolute atomic E-state index is 0.120. The van der Waals surface area contributed by atoms with Crippen molar-refractivity contribution in [3.8, 4) is 0 Å². The van der Waals surface area contributed by atoms with E-state index in [0.29, 0.717) is 30.5 Å². The molecule has 0 spiro atoms. The molecule has 1 unspecified atom stereocenters. The van der Waals surface area contributed by atoms with Crippen LogP contribution < -0.4 is 21.4 Å². The van der Waals surface area contributed by atoms with E-state index in [0.717, 1.165) is 25.7 Å². The molecule has 1 atom stereocenters. The lowest BCUT2D eigenvalue weighted by Crippen LogP contribution is -2.39. The second-order valence-corrected chi connectivity index (χ2v) is 9.46. The zero-order chi connectivity index (χ0) is 25.7. The van der Waals surface area contributed by atoms with Gasteiger partial charge in [-0.15, -0.1) is 0 Å². The summed E-state index contributed by atoms with van der Waals surface area (Å²) in [5, 5.41) is 27.4. The zero-order valence-electron chi connectivity index (χ0n) is 22.0. The van der Waals surface area contributed by atoms with Gasteiger partial charge in [0, 0.05) is 18.7 Å². The van der Waals surface area contributed by atoms with E-state index in [4.69, 9.17) is 0 Å². The van der Waals surface area contributed by atoms with Gasteiger partial charge in [0.05, 0.1) is 6.04 Å². The van der Waals surface area contributed by atoms with E-state index < -0.39 is 7.12 Å². The minimum atomic E-state index is -1.57. The first-order chi connectivity index (χ1) is 17.0. The van der Waals surface area contributed by atoms with Crippen molar-refractivity contribution >= 4 is 30.1 Å². The quantitative estimate of drug-likeness (QED) is 0.133. The Morgan fingerprint density at radius 3 is 2.11 bits per heavy atom. The number of nitrogens with one attached hydrogen (secondary N) is 3. The molecule has 0 saturated heterocycles. The summed E-state index contributed by atoms with van der Waals surface area (Å²) in [6.07, 6.45) is 16.9. The van der Waals surface area contributed by atoms with Gasteiger partial charge in [-0.2, -0.15) is 0 Å². The topological polar surface area (TPSA) is 111 Å². The zero-order valence-corrected chi connectivity index (χ0v) is 22.0. The van der Waals surface area contributed by atoms with E-state index in [1.54, 1.807) is 31.3 Å². The standard InChI is InChI=1S/C27H48BN3O4/c1-3-4-5-6-7-8-9-10-11-12-13-20-26(32)30-21-15-14-19-25(29-2)27(33)31-24-18-16-17-23(22-24)28(34)35/h16-18,22,25,29,34-35H,3-15,19-21H2,1-2H3,(H,30,32)(H,31,33). The van der Waals surface area contributed by atoms with Crippen LogP contribution >= 0.6 is 0 Å². The van der Waals surface area contributed by atoms with E-state index in [-0.39, 0.29) is 17.9 Å². The molecule has 2 amide bonds. The lowest BCUT2D eigenvalue weighted by molar-refractivity contribution is -0.121. The number of amides is 2. The Hall–Kier alpha value is -1.90. The van der Waals surface area contributed by atoms with Crippen LogP contribution in [0, 0.1) is 0 Å². The highest BCUT2D eigenvalue weighted by Crippen LogP contribution is 2.12. The van der Waals surface area contributed by atoms with Gasteiger partial charge in [-0.25, -0.2) is 0 Å². The van der Waals surface area contributed by atoms with Crippen molar-refractivity contribution in [1.82, 2.24) is 10.6 Å². The molecule has 0 aliphatic heterocycles. The van der Waals surface area contributed by atoms with Gasteiger partial charge in [0.15, 0.2) is 0 Å². The molecule has 1 rings (SSSR count). The second-order valence-electron chi connectivity index (χ2n) is 9.46. The number of anilines is 1. The maximum atomic E-state index is 12.5. The average Bonchev–Trinajstić information content (AvgIpc) is 2.84. The molecule has 0 fully saturated rings. The van der Waals surface area contributed by atoms with Gasteiger partial charge < -0.3 is 26.0 Å². The maximum absolute atomic E-state index is 12.5. The van der Waals surface area contributed by atoms with Crippen LogP contribution in [0.5, 0.6) is 0 Å². The fourth-order valence-corrected chi connectivity index (χ4v) is 4.15. The Balaban J connectivity index is 2.05. The highest BCUT2D eigenvalue weighted by molar-refractivity contribution is 6.58. The predicted molar refractivity (Wildman–Crippen MR) is 146 cm³/mol. The van der Waals surface area contributed by atoms with Gasteiger partial charge in [0.25, 0.3) is 0 Å². The molecule has 1 aromatic carbocycles. The van der Waals surface area contributed by atoms with E-state index in [1.165, 1.54) is 57.8 Å². The van der Waals surface area contributed by atoms with E-state index in [2.05, 4.69) is 22.9 Å². The molecular formula is C27H48BN3O4. The maximum Gasteiger partial charge on any atom is 0.488 e. The molecule has 7 nitrogen and oxygen atoms in total. The first kappa shape index (κ1) is 31.1. The molecule has 35 heavy (non-hydrogen) atoms. The summed E-state index contributed by atoms with van der Waals surface area (Å²) in [5.74, 6) is -0.0487. The minimum Gasteiger partial charge on any atom is -0.423 e. The lowest BCUT2D eigenvalue weighted by atomic mass is 9.80. The van der Waals surface area contributed by atoms with Crippen molar-refractivity contribution in [3.63, 3.8) is 0 Å². The summed E-state index contributed by atoms with van der Waals surface area (Å²) >= 11 is 0. The summed E-state index contributed by atoms with van der Waals surface area (Å²) < 4.78 is 0. The largest absolute Gasteiger partial charge is 0.488 e. The summed E-state index contributed by atoms with van der Waals surface area (Å²) in [6.45, 7) is 2.88. The first-order valence-electron chi connectivity index (χ1n) is 13.7. The molecule has 5 N–H and O–H groups in total. The first-order valence-corrected chi connectivity index (χ1v) is 13.7. The highest BCUT2D eigenvalue weighted by atomic mass is 16.4. The molecule has 1 aromatic rings. The van der Waals surface area contributed by atoms with Crippen molar-refractivity contribution in [3.05, 3.63) is 24.3 Å². The number of likely N-dealkylation sites (N-methyl/N-ethyl adjacent to an activating group) is 1. The van der Waals surface area contributed by atoms with Crippen LogP contribution in [0.15, 0.2) is 24.3 Å². The second kappa shape index (κ2) is 20.3. The number of rotatable bonds is 21. The van der Waals surface area contributed by atoms with Gasteiger partial charge in [-0.05, 0) is 50.3 Å². The predicted octanol–water partition coefficient (Wildman–Crippen LogP) is 3.88. The van der Waals surface area contributed by atoms with Crippen LogP contribution in [0.2, 0.25) is 0 Å². The summed E-state index contributed by atoms with van der Waals surface area (Å²) in [6, 6.07) is 6.14. The molecule has 0 radical (unpaired) electrons. The van der Waals surface area contributed by atoms with Crippen LogP contribution in [0.1, 0.15) is 103 Å². The lowest BCUT2D eigenvalue weighted by Gasteiger charge is -2.16. The third kappa shape index (κ3) is 15.7. The number of carbonyl (C=O) groups excluding carboxylic acids is 2. The Bertz CT molecular complexity index is 703. The van der Waals surface area contributed by atoms with Gasteiger partial charge in [0.1, 0.15) is 0 Å². The third-order valence-electron chi connectivity index (χ3n) is 6.37. The van der Waals surface area contributed by atoms with Gasteiger partial charge in [-0.1, -0.05) is 83.3 Å². The fourth-order valence-electron chi connectivity index (χ4n) is 4.15. The summed E-state index contributed by atoms with van der Waals surface area (Å²) in [7, 11) is 0.171. The van der Waals surface area contributed by atoms with E-state index >= 15 is 0 Å². The van der Waals surface area contributed by atoms with Crippen molar-refractivity contribution in [2.45, 2.75) is 109 Å². The van der Waals surface area contributed by atoms with Crippen LogP contribution in [-0.2, 0) is 9.59 Å². The molecule has 8 heteroatoms. The average molecular weight is 490 g/mol. The number of hydrogen-bond acceptors (Lipinski definition) is 5. The van der Waals surface area contributed by atoms with Gasteiger partial charge in [-0.3, -0.25) is 9.59 Å². The summed E-state index contributed by atoms with van der Waals surface area (Å²) in [4.78, 5) is 24.5. The van der Waals surface area contributed by atoms with Crippen LogP contribution in [0.4, 0.5) is 5.69 Å². The van der Waals surface area contributed by atoms with Crippen LogP contribution in [-0.4, -0.2) is 48.6 Å². The third-order valence-corrected chi connectivity index (χ3v) is 6.37. The Morgan fingerprint density at radius 2 is 1.51 bits per heavy atom. The van der Waals surface area contributed by atoms with Gasteiger partial charge in [0.2, 0.25) is 11.8 Å². The van der Waals surface area contributed by atoms with Crippen molar-refractivity contribution in [2.24, 2.45) is 0 Å². The Labute approximate surface area is 213 Å². The van der Waals surface area contributed by atoms with E-state index in [1.807, 2.05) is 0 Å². The highest BCUT2D eigenvalue weighted by Gasteiger charge is 2.17. The SMILES string of the molecule is CCCCCCCCCCCCCC(=O)NCCCCC(NC)C(=O)Nc1cccc(B(O)O)c1. The molecule has 0 bridgehead atoms. The van der Waals surface area contributed by atoms with Crippen molar-refractivity contribution in [2.75, 3.05) is 18.9 Å².